The van der Waals surface area contributed by atoms with E-state index in [0.717, 1.165) is 0 Å². The van der Waals surface area contributed by atoms with Crippen molar-refractivity contribution >= 4 is 17.4 Å². The molecule has 0 amide bonds. The molecule has 0 heterocycles. The Labute approximate surface area is 85.3 Å². The number of alkyl halides is 1. The minimum absolute atomic E-state index is 0.00815. The molecule has 78 valence electrons. The van der Waals surface area contributed by atoms with Crippen LogP contribution in [0.4, 0.5) is 0 Å². The van der Waals surface area contributed by atoms with Crippen molar-refractivity contribution in [3.8, 4) is 0 Å². The maximum Gasteiger partial charge on any atom is 0.158 e. The minimum atomic E-state index is -0.792. The SMILES string of the molecule is CC(C)[C@H](O)[C@@H](Cl)C(=O)C(C)(C)C. The van der Waals surface area contributed by atoms with Crippen molar-refractivity contribution in [3.63, 3.8) is 0 Å². The Hall–Kier alpha value is -0.0800. The van der Waals surface area contributed by atoms with E-state index in [-0.39, 0.29) is 11.7 Å². The minimum Gasteiger partial charge on any atom is -0.391 e. The lowest BCUT2D eigenvalue weighted by atomic mass is 9.85. The standard InChI is InChI=1S/C10H19ClO2/c1-6(2)8(12)7(11)9(13)10(3,4)5/h6-8,12H,1-5H3/t7-,8+/m1/s1. The highest BCUT2D eigenvalue weighted by Gasteiger charge is 2.33. The van der Waals surface area contributed by atoms with Crippen LogP contribution in [0, 0.1) is 11.3 Å². The van der Waals surface area contributed by atoms with Gasteiger partial charge >= 0.3 is 0 Å². The number of ketones is 1. The van der Waals surface area contributed by atoms with Crippen LogP contribution < -0.4 is 0 Å². The second-order valence-electron chi connectivity index (χ2n) is 4.75. The summed E-state index contributed by atoms with van der Waals surface area (Å²) in [6.07, 6.45) is -0.756. The molecule has 0 aliphatic heterocycles. The number of carbonyl (C=O) groups excluding carboxylic acids is 1. The van der Waals surface area contributed by atoms with Gasteiger partial charge in [0.15, 0.2) is 5.78 Å². The molecule has 0 radical (unpaired) electrons. The molecule has 0 saturated carbocycles. The number of carbonyl (C=O) groups is 1. The van der Waals surface area contributed by atoms with E-state index in [1.165, 1.54) is 0 Å². The first-order chi connectivity index (χ1) is 5.68. The maximum atomic E-state index is 11.6. The average molecular weight is 207 g/mol. The Kier molecular flexibility index (Phi) is 4.40. The van der Waals surface area contributed by atoms with E-state index in [1.807, 2.05) is 13.8 Å². The van der Waals surface area contributed by atoms with Crippen molar-refractivity contribution in [3.05, 3.63) is 0 Å². The van der Waals surface area contributed by atoms with Gasteiger partial charge < -0.3 is 5.11 Å². The first-order valence-electron chi connectivity index (χ1n) is 4.54. The zero-order valence-electron chi connectivity index (χ0n) is 8.97. The molecule has 0 rings (SSSR count). The lowest BCUT2D eigenvalue weighted by molar-refractivity contribution is -0.128. The molecule has 2 atom stereocenters. The predicted octanol–water partition coefficient (Wildman–Crippen LogP) is 2.23. The average Bonchev–Trinajstić information content (AvgIpc) is 1.98. The summed E-state index contributed by atoms with van der Waals surface area (Å²) in [6.45, 7) is 9.10. The van der Waals surface area contributed by atoms with E-state index in [9.17, 15) is 9.90 Å². The number of Topliss-reactive ketones (excluding diaryl/α,β-unsaturated/α-hetero) is 1. The van der Waals surface area contributed by atoms with E-state index in [2.05, 4.69) is 0 Å². The van der Waals surface area contributed by atoms with Gasteiger partial charge in [-0.25, -0.2) is 0 Å². The molecule has 0 fully saturated rings. The third-order valence-corrected chi connectivity index (χ3v) is 2.43. The molecule has 0 aromatic rings. The molecule has 13 heavy (non-hydrogen) atoms. The number of aliphatic hydroxyl groups is 1. The highest BCUT2D eigenvalue weighted by atomic mass is 35.5. The van der Waals surface area contributed by atoms with Crippen LogP contribution in [-0.2, 0) is 4.79 Å². The first kappa shape index (κ1) is 12.9. The Morgan fingerprint density at radius 2 is 1.69 bits per heavy atom. The lowest BCUT2D eigenvalue weighted by Crippen LogP contribution is -2.39. The highest BCUT2D eigenvalue weighted by molar-refractivity contribution is 6.32. The van der Waals surface area contributed by atoms with E-state index in [1.54, 1.807) is 20.8 Å². The van der Waals surface area contributed by atoms with Crippen molar-refractivity contribution < 1.29 is 9.90 Å². The van der Waals surface area contributed by atoms with Crippen LogP contribution >= 0.6 is 11.6 Å². The number of hydrogen-bond acceptors (Lipinski definition) is 2. The monoisotopic (exact) mass is 206 g/mol. The summed E-state index contributed by atoms with van der Waals surface area (Å²) < 4.78 is 0. The van der Waals surface area contributed by atoms with Crippen LogP contribution in [0.15, 0.2) is 0 Å². The van der Waals surface area contributed by atoms with Gasteiger partial charge in [-0.2, -0.15) is 0 Å². The molecule has 0 saturated heterocycles. The fraction of sp³-hybridized carbons (Fsp3) is 0.900. The fourth-order valence-corrected chi connectivity index (χ4v) is 1.52. The summed E-state index contributed by atoms with van der Waals surface area (Å²) in [5.41, 5.74) is -0.484. The van der Waals surface area contributed by atoms with E-state index in [0.29, 0.717) is 0 Å². The molecule has 1 N–H and O–H groups in total. The van der Waals surface area contributed by atoms with Gasteiger partial charge in [0, 0.05) is 5.41 Å². The summed E-state index contributed by atoms with van der Waals surface area (Å²) in [7, 11) is 0. The highest BCUT2D eigenvalue weighted by Crippen LogP contribution is 2.23. The number of aliphatic hydroxyl groups excluding tert-OH is 1. The third kappa shape index (κ3) is 3.65. The summed E-state index contributed by atoms with van der Waals surface area (Å²) in [5.74, 6) is -0.0934. The molecule has 0 aromatic carbocycles. The van der Waals surface area contributed by atoms with Crippen molar-refractivity contribution in [1.82, 2.24) is 0 Å². The maximum absolute atomic E-state index is 11.6. The van der Waals surface area contributed by atoms with Gasteiger partial charge in [0.2, 0.25) is 0 Å². The lowest BCUT2D eigenvalue weighted by Gasteiger charge is -2.25. The number of hydrogen-bond donors (Lipinski definition) is 1. The second-order valence-corrected chi connectivity index (χ2v) is 5.22. The van der Waals surface area contributed by atoms with Crippen molar-refractivity contribution in [1.29, 1.82) is 0 Å². The Morgan fingerprint density at radius 1 is 1.31 bits per heavy atom. The van der Waals surface area contributed by atoms with Crippen LogP contribution in [0.25, 0.3) is 0 Å². The van der Waals surface area contributed by atoms with Crippen LogP contribution in [0.1, 0.15) is 34.6 Å². The van der Waals surface area contributed by atoms with Crippen LogP contribution in [0.5, 0.6) is 0 Å². The summed E-state index contributed by atoms with van der Waals surface area (Å²) >= 11 is 5.86. The Bertz CT molecular complexity index is 182. The molecule has 2 nitrogen and oxygen atoms in total. The smallest absolute Gasteiger partial charge is 0.158 e. The summed E-state index contributed by atoms with van der Waals surface area (Å²) in [5, 5.41) is 8.78. The zero-order chi connectivity index (χ0) is 10.8. The molecule has 0 bridgehead atoms. The number of halogens is 1. The zero-order valence-corrected chi connectivity index (χ0v) is 9.72. The fourth-order valence-electron chi connectivity index (χ4n) is 0.907. The molecule has 0 spiro atoms. The van der Waals surface area contributed by atoms with Gasteiger partial charge in [-0.15, -0.1) is 11.6 Å². The molecule has 3 heteroatoms. The summed E-state index contributed by atoms with van der Waals surface area (Å²) in [4.78, 5) is 11.6. The van der Waals surface area contributed by atoms with Gasteiger partial charge in [-0.1, -0.05) is 34.6 Å². The van der Waals surface area contributed by atoms with Crippen molar-refractivity contribution in [2.45, 2.75) is 46.1 Å². The molecular formula is C10H19ClO2. The number of rotatable bonds is 3. The Balaban J connectivity index is 4.44. The quantitative estimate of drug-likeness (QED) is 0.720. The third-order valence-electron chi connectivity index (χ3n) is 1.97. The Morgan fingerprint density at radius 3 is 1.92 bits per heavy atom. The first-order valence-corrected chi connectivity index (χ1v) is 4.98. The van der Waals surface area contributed by atoms with Gasteiger partial charge in [0.1, 0.15) is 5.38 Å². The van der Waals surface area contributed by atoms with Crippen molar-refractivity contribution in [2.75, 3.05) is 0 Å². The summed E-state index contributed by atoms with van der Waals surface area (Å²) in [6, 6.07) is 0. The molecule has 0 unspecified atom stereocenters. The molecular weight excluding hydrogens is 188 g/mol. The predicted molar refractivity (Wildman–Crippen MR) is 54.9 cm³/mol. The second kappa shape index (κ2) is 4.43. The van der Waals surface area contributed by atoms with Crippen LogP contribution in [0.3, 0.4) is 0 Å². The van der Waals surface area contributed by atoms with Gasteiger partial charge in [-0.3, -0.25) is 4.79 Å². The molecule has 0 aliphatic rings. The van der Waals surface area contributed by atoms with E-state index >= 15 is 0 Å². The largest absolute Gasteiger partial charge is 0.391 e. The van der Waals surface area contributed by atoms with Crippen LogP contribution in [0.2, 0.25) is 0 Å². The normalized spacial score (nSPS) is 17.2. The van der Waals surface area contributed by atoms with E-state index in [4.69, 9.17) is 11.6 Å². The molecule has 0 aromatic heterocycles. The molecule has 0 aliphatic carbocycles. The van der Waals surface area contributed by atoms with E-state index < -0.39 is 16.9 Å². The van der Waals surface area contributed by atoms with Crippen LogP contribution in [-0.4, -0.2) is 22.4 Å². The van der Waals surface area contributed by atoms with Gasteiger partial charge in [0.05, 0.1) is 6.10 Å². The van der Waals surface area contributed by atoms with Crippen molar-refractivity contribution in [2.24, 2.45) is 11.3 Å². The topological polar surface area (TPSA) is 37.3 Å². The van der Waals surface area contributed by atoms with Gasteiger partial charge in [0.25, 0.3) is 0 Å². The van der Waals surface area contributed by atoms with Gasteiger partial charge in [-0.05, 0) is 5.92 Å².